The van der Waals surface area contributed by atoms with E-state index in [4.69, 9.17) is 10.5 Å². The van der Waals surface area contributed by atoms with Gasteiger partial charge in [0.25, 0.3) is 0 Å². The average molecular weight is 277 g/mol. The van der Waals surface area contributed by atoms with Gasteiger partial charge in [-0.25, -0.2) is 9.48 Å². The van der Waals surface area contributed by atoms with E-state index < -0.39 is 6.04 Å². The van der Waals surface area contributed by atoms with E-state index in [0.29, 0.717) is 17.8 Å². The quantitative estimate of drug-likeness (QED) is 0.834. The molecule has 0 saturated heterocycles. The molecule has 0 aliphatic heterocycles. The van der Waals surface area contributed by atoms with Gasteiger partial charge in [-0.05, 0) is 29.3 Å². The molecular formula is C8H13BrN4O2. The minimum Gasteiger partial charge on any atom is -0.464 e. The second-order valence-electron chi connectivity index (χ2n) is 2.86. The zero-order valence-electron chi connectivity index (χ0n) is 8.61. The van der Waals surface area contributed by atoms with Gasteiger partial charge in [0.05, 0.1) is 6.61 Å². The van der Waals surface area contributed by atoms with Crippen molar-refractivity contribution in [2.24, 2.45) is 0 Å². The van der Waals surface area contributed by atoms with Crippen LogP contribution in [0.15, 0.2) is 4.73 Å². The molecule has 2 N–H and O–H groups in total. The molecule has 0 fully saturated rings. The lowest BCUT2D eigenvalue weighted by atomic mass is 10.2. The minimum absolute atomic E-state index is 0.129. The van der Waals surface area contributed by atoms with Crippen molar-refractivity contribution in [2.75, 3.05) is 12.3 Å². The fourth-order valence-corrected chi connectivity index (χ4v) is 1.70. The second-order valence-corrected chi connectivity index (χ2v) is 3.57. The van der Waals surface area contributed by atoms with Gasteiger partial charge in [0.1, 0.15) is 0 Å². The first-order valence-corrected chi connectivity index (χ1v) is 5.43. The third-order valence-electron chi connectivity index (χ3n) is 1.85. The van der Waals surface area contributed by atoms with Crippen molar-refractivity contribution in [1.82, 2.24) is 14.8 Å². The zero-order valence-corrected chi connectivity index (χ0v) is 10.2. The summed E-state index contributed by atoms with van der Waals surface area (Å²) in [5.74, 6) is -0.199. The number of rotatable bonds is 4. The maximum Gasteiger partial charge on any atom is 0.331 e. The van der Waals surface area contributed by atoms with Crippen LogP contribution in [0.3, 0.4) is 0 Å². The maximum absolute atomic E-state index is 11.6. The number of hydrogen-bond donors (Lipinski definition) is 1. The predicted molar refractivity (Wildman–Crippen MR) is 58.1 cm³/mol. The molecule has 1 heterocycles. The van der Waals surface area contributed by atoms with Crippen molar-refractivity contribution in [3.05, 3.63) is 4.73 Å². The number of nitrogens with two attached hydrogens (primary N) is 1. The Balaban J connectivity index is 2.91. The highest BCUT2D eigenvalue weighted by Crippen LogP contribution is 2.19. The highest BCUT2D eigenvalue weighted by molar-refractivity contribution is 9.10. The number of ether oxygens (including phenoxy) is 1. The molecule has 0 aliphatic rings. The number of carbonyl (C=O) groups is 1. The highest BCUT2D eigenvalue weighted by atomic mass is 79.9. The summed E-state index contributed by atoms with van der Waals surface area (Å²) in [5.41, 5.74) is 5.42. The standard InChI is InChI=1S/C8H13BrN4O2/c1-3-5(6(14)15-4-2)13-7(9)11-8(10)12-13/h5H,3-4H2,1-2H3,(H2,10,12). The molecule has 0 bridgehead atoms. The average Bonchev–Trinajstić information content (AvgIpc) is 2.47. The van der Waals surface area contributed by atoms with E-state index in [1.54, 1.807) is 6.92 Å². The second kappa shape index (κ2) is 5.11. The molecule has 0 radical (unpaired) electrons. The Hall–Kier alpha value is -1.11. The van der Waals surface area contributed by atoms with E-state index in [0.717, 1.165) is 0 Å². The van der Waals surface area contributed by atoms with Crippen LogP contribution in [0, 0.1) is 0 Å². The Kier molecular flexibility index (Phi) is 4.07. The van der Waals surface area contributed by atoms with Crippen LogP contribution in [0.25, 0.3) is 0 Å². The molecule has 0 saturated carbocycles. The van der Waals surface area contributed by atoms with E-state index in [2.05, 4.69) is 26.0 Å². The van der Waals surface area contributed by atoms with Gasteiger partial charge in [0, 0.05) is 0 Å². The number of carbonyl (C=O) groups excluding carboxylic acids is 1. The third-order valence-corrected chi connectivity index (χ3v) is 2.39. The molecule has 0 spiro atoms. The van der Waals surface area contributed by atoms with Gasteiger partial charge >= 0.3 is 5.97 Å². The monoisotopic (exact) mass is 276 g/mol. The van der Waals surface area contributed by atoms with Gasteiger partial charge in [-0.3, -0.25) is 0 Å². The molecule has 0 amide bonds. The molecule has 1 aromatic rings. The Morgan fingerprint density at radius 2 is 2.33 bits per heavy atom. The summed E-state index contributed by atoms with van der Waals surface area (Å²) < 4.78 is 6.78. The Morgan fingerprint density at radius 3 is 2.73 bits per heavy atom. The van der Waals surface area contributed by atoms with Gasteiger partial charge in [0.15, 0.2) is 10.8 Å². The Bertz CT molecular complexity index is 352. The van der Waals surface area contributed by atoms with E-state index >= 15 is 0 Å². The fourth-order valence-electron chi connectivity index (χ4n) is 1.20. The summed E-state index contributed by atoms with van der Waals surface area (Å²) in [5, 5.41) is 3.92. The molecule has 0 aromatic carbocycles. The Labute approximate surface area is 95.9 Å². The van der Waals surface area contributed by atoms with E-state index in [-0.39, 0.29) is 11.9 Å². The first-order valence-electron chi connectivity index (χ1n) is 4.64. The largest absolute Gasteiger partial charge is 0.464 e. The number of esters is 1. The zero-order chi connectivity index (χ0) is 11.4. The van der Waals surface area contributed by atoms with Crippen LogP contribution in [0.2, 0.25) is 0 Å². The molecule has 1 unspecified atom stereocenters. The summed E-state index contributed by atoms with van der Waals surface area (Å²) >= 11 is 3.18. The molecule has 1 atom stereocenters. The van der Waals surface area contributed by atoms with E-state index in [9.17, 15) is 4.79 Å². The van der Waals surface area contributed by atoms with E-state index in [1.807, 2.05) is 6.92 Å². The van der Waals surface area contributed by atoms with Crippen molar-refractivity contribution in [3.8, 4) is 0 Å². The maximum atomic E-state index is 11.6. The number of halogens is 1. The SMILES string of the molecule is CCOC(=O)C(CC)n1nc(N)nc1Br. The van der Waals surface area contributed by atoms with Crippen LogP contribution in [0.4, 0.5) is 5.95 Å². The topological polar surface area (TPSA) is 83.0 Å². The molecule has 84 valence electrons. The van der Waals surface area contributed by atoms with Crippen LogP contribution in [0.5, 0.6) is 0 Å². The first kappa shape index (κ1) is 12.0. The molecule has 15 heavy (non-hydrogen) atoms. The minimum atomic E-state index is -0.482. The van der Waals surface area contributed by atoms with Crippen LogP contribution in [-0.4, -0.2) is 27.3 Å². The molecular weight excluding hydrogens is 264 g/mol. The summed E-state index contributed by atoms with van der Waals surface area (Å²) in [6.07, 6.45) is 0.570. The lowest BCUT2D eigenvalue weighted by Crippen LogP contribution is -2.22. The number of hydrogen-bond acceptors (Lipinski definition) is 5. The fraction of sp³-hybridized carbons (Fsp3) is 0.625. The van der Waals surface area contributed by atoms with Gasteiger partial charge in [0.2, 0.25) is 5.95 Å². The number of nitrogen functional groups attached to an aromatic ring is 1. The summed E-state index contributed by atoms with van der Waals surface area (Å²) in [6, 6.07) is -0.482. The van der Waals surface area contributed by atoms with Crippen molar-refractivity contribution < 1.29 is 9.53 Å². The molecule has 1 rings (SSSR count). The predicted octanol–water partition coefficient (Wildman–Crippen LogP) is 1.14. The summed E-state index contributed by atoms with van der Waals surface area (Å²) in [6.45, 7) is 3.97. The molecule has 6 nitrogen and oxygen atoms in total. The first-order chi connectivity index (χ1) is 7.10. The van der Waals surface area contributed by atoms with Gasteiger partial charge in [-0.15, -0.1) is 5.10 Å². The highest BCUT2D eigenvalue weighted by Gasteiger charge is 2.23. The van der Waals surface area contributed by atoms with Crippen LogP contribution in [-0.2, 0) is 9.53 Å². The lowest BCUT2D eigenvalue weighted by Gasteiger charge is -2.13. The summed E-state index contributed by atoms with van der Waals surface area (Å²) in [4.78, 5) is 15.4. The van der Waals surface area contributed by atoms with Gasteiger partial charge < -0.3 is 10.5 Å². The summed E-state index contributed by atoms with van der Waals surface area (Å²) in [7, 11) is 0. The van der Waals surface area contributed by atoms with Gasteiger partial charge in [-0.2, -0.15) is 4.98 Å². The van der Waals surface area contributed by atoms with Crippen molar-refractivity contribution in [2.45, 2.75) is 26.3 Å². The molecule has 1 aromatic heterocycles. The van der Waals surface area contributed by atoms with Crippen LogP contribution in [0.1, 0.15) is 26.3 Å². The van der Waals surface area contributed by atoms with Gasteiger partial charge in [-0.1, -0.05) is 6.92 Å². The normalized spacial score (nSPS) is 12.5. The van der Waals surface area contributed by atoms with Crippen molar-refractivity contribution in [3.63, 3.8) is 0 Å². The molecule has 7 heteroatoms. The lowest BCUT2D eigenvalue weighted by molar-refractivity contribution is -0.147. The molecule has 0 aliphatic carbocycles. The van der Waals surface area contributed by atoms with Crippen LogP contribution >= 0.6 is 15.9 Å². The number of aromatic nitrogens is 3. The van der Waals surface area contributed by atoms with Crippen LogP contribution < -0.4 is 5.73 Å². The number of nitrogens with zero attached hydrogens (tertiary/aromatic N) is 3. The van der Waals surface area contributed by atoms with Crippen molar-refractivity contribution >= 4 is 27.8 Å². The Morgan fingerprint density at radius 1 is 1.67 bits per heavy atom. The van der Waals surface area contributed by atoms with E-state index in [1.165, 1.54) is 4.68 Å². The third kappa shape index (κ3) is 2.68. The van der Waals surface area contributed by atoms with Crippen molar-refractivity contribution in [1.29, 1.82) is 0 Å². The smallest absolute Gasteiger partial charge is 0.331 e. The number of anilines is 1.